The van der Waals surface area contributed by atoms with Gasteiger partial charge in [0.2, 0.25) is 0 Å². The van der Waals surface area contributed by atoms with Crippen molar-refractivity contribution in [3.05, 3.63) is 0 Å². The predicted molar refractivity (Wildman–Crippen MR) is 37.7 cm³/mol. The molecule has 2 heteroatoms. The molecule has 44 valence electrons. The van der Waals surface area contributed by atoms with Crippen LogP contribution in [0.25, 0.3) is 0 Å². The molecule has 0 aromatic heterocycles. The van der Waals surface area contributed by atoms with E-state index in [9.17, 15) is 0 Å². The van der Waals surface area contributed by atoms with Crippen molar-refractivity contribution >= 4 is 9.24 Å². The molecule has 1 unspecified atom stereocenters. The smallest absolute Gasteiger partial charge is 0.00142 e. The van der Waals surface area contributed by atoms with Crippen molar-refractivity contribution in [3.8, 4) is 0 Å². The third kappa shape index (κ3) is 6.39. The molecule has 0 heterocycles. The van der Waals surface area contributed by atoms with Crippen molar-refractivity contribution in [2.24, 2.45) is 0 Å². The summed E-state index contributed by atoms with van der Waals surface area (Å²) in [5.74, 6) is 0. The molecule has 1 N–H and O–H groups in total. The molecule has 0 radical (unpaired) electrons. The van der Waals surface area contributed by atoms with Gasteiger partial charge in [-0.1, -0.05) is 6.92 Å². The predicted octanol–water partition coefficient (Wildman–Crippen LogP) is 0.861. The van der Waals surface area contributed by atoms with Gasteiger partial charge < -0.3 is 5.32 Å². The first-order valence-electron chi connectivity index (χ1n) is 2.82. The lowest BCUT2D eigenvalue weighted by molar-refractivity contribution is 0.707. The summed E-state index contributed by atoms with van der Waals surface area (Å²) in [6.07, 6.45) is 2.41. The van der Waals surface area contributed by atoms with Gasteiger partial charge in [-0.2, -0.15) is 0 Å². The van der Waals surface area contributed by atoms with Gasteiger partial charge in [0.05, 0.1) is 0 Å². The van der Waals surface area contributed by atoms with Crippen LogP contribution >= 0.6 is 9.24 Å². The Morgan fingerprint density at radius 3 is 2.57 bits per heavy atom. The Morgan fingerprint density at radius 2 is 2.14 bits per heavy atom. The van der Waals surface area contributed by atoms with Crippen molar-refractivity contribution in [3.63, 3.8) is 0 Å². The van der Waals surface area contributed by atoms with E-state index in [0.717, 1.165) is 13.1 Å². The van der Waals surface area contributed by atoms with E-state index in [2.05, 4.69) is 21.5 Å². The highest BCUT2D eigenvalue weighted by Crippen LogP contribution is 1.75. The lowest BCUT2D eigenvalue weighted by Crippen LogP contribution is -2.16. The molecule has 0 aliphatic carbocycles. The summed E-state index contributed by atoms with van der Waals surface area (Å²) in [7, 11) is 2.69. The molecule has 0 saturated carbocycles. The van der Waals surface area contributed by atoms with Gasteiger partial charge in [-0.25, -0.2) is 0 Å². The van der Waals surface area contributed by atoms with Gasteiger partial charge >= 0.3 is 0 Å². The first-order chi connectivity index (χ1) is 3.41. The van der Waals surface area contributed by atoms with Crippen LogP contribution in [0.15, 0.2) is 0 Å². The second-order valence-corrected chi connectivity index (χ2v) is 2.12. The fourth-order valence-electron chi connectivity index (χ4n) is 0.404. The highest BCUT2D eigenvalue weighted by molar-refractivity contribution is 7.16. The van der Waals surface area contributed by atoms with Gasteiger partial charge in [-0.05, 0) is 25.7 Å². The average molecular weight is 119 g/mol. The van der Waals surface area contributed by atoms with Gasteiger partial charge in [0.1, 0.15) is 0 Å². The van der Waals surface area contributed by atoms with Crippen molar-refractivity contribution < 1.29 is 0 Å². The van der Waals surface area contributed by atoms with E-state index in [4.69, 9.17) is 0 Å². The highest BCUT2D eigenvalue weighted by Gasteiger charge is 1.76. The minimum Gasteiger partial charge on any atom is -0.316 e. The minimum absolute atomic E-state index is 1.14. The summed E-state index contributed by atoms with van der Waals surface area (Å²) < 4.78 is 0. The second kappa shape index (κ2) is 6.39. The maximum absolute atomic E-state index is 3.26. The van der Waals surface area contributed by atoms with Crippen molar-refractivity contribution in [1.82, 2.24) is 5.32 Å². The van der Waals surface area contributed by atoms with Gasteiger partial charge in [0.25, 0.3) is 0 Å². The molecular weight excluding hydrogens is 105 g/mol. The monoisotopic (exact) mass is 119 g/mol. The van der Waals surface area contributed by atoms with E-state index >= 15 is 0 Å². The van der Waals surface area contributed by atoms with Crippen molar-refractivity contribution in [2.75, 3.05) is 19.3 Å². The van der Waals surface area contributed by atoms with Gasteiger partial charge in [-0.3, -0.25) is 0 Å². The lowest BCUT2D eigenvalue weighted by Gasteiger charge is -1.95. The minimum atomic E-state index is 1.14. The fourth-order valence-corrected chi connectivity index (χ4v) is 0.608. The van der Waals surface area contributed by atoms with Crippen LogP contribution in [0, 0.1) is 0 Å². The number of hydrogen-bond donors (Lipinski definition) is 1. The molecule has 0 spiro atoms. The summed E-state index contributed by atoms with van der Waals surface area (Å²) in [5, 5.41) is 3.26. The summed E-state index contributed by atoms with van der Waals surface area (Å²) in [6.45, 7) is 4.47. The molecule has 0 aliphatic heterocycles. The number of nitrogens with one attached hydrogen (secondary N) is 1. The van der Waals surface area contributed by atoms with Crippen LogP contribution in [-0.4, -0.2) is 19.3 Å². The first-order valence-corrected chi connectivity index (χ1v) is 3.64. The van der Waals surface area contributed by atoms with E-state index in [1.807, 2.05) is 0 Å². The van der Waals surface area contributed by atoms with Crippen LogP contribution in [-0.2, 0) is 0 Å². The van der Waals surface area contributed by atoms with Crippen LogP contribution < -0.4 is 5.32 Å². The zero-order valence-electron chi connectivity index (χ0n) is 4.91. The van der Waals surface area contributed by atoms with E-state index in [-0.39, 0.29) is 0 Å². The quantitative estimate of drug-likeness (QED) is 0.427. The van der Waals surface area contributed by atoms with Crippen LogP contribution in [0.4, 0.5) is 0 Å². The summed E-state index contributed by atoms with van der Waals surface area (Å²) >= 11 is 0. The summed E-state index contributed by atoms with van der Waals surface area (Å²) in [5.41, 5.74) is 0. The average Bonchev–Trinajstić information content (AvgIpc) is 1.69. The van der Waals surface area contributed by atoms with Crippen molar-refractivity contribution in [1.29, 1.82) is 0 Å². The topological polar surface area (TPSA) is 12.0 Å². The SMILES string of the molecule is CCCNCCP. The summed E-state index contributed by atoms with van der Waals surface area (Å²) in [4.78, 5) is 0. The third-order valence-corrected chi connectivity index (χ3v) is 1.04. The molecule has 0 aliphatic rings. The molecule has 0 aromatic carbocycles. The van der Waals surface area contributed by atoms with Crippen LogP contribution in [0.1, 0.15) is 13.3 Å². The molecule has 0 bridgehead atoms. The Morgan fingerprint density at radius 1 is 1.43 bits per heavy atom. The molecular formula is C5H14NP. The van der Waals surface area contributed by atoms with Gasteiger partial charge in [0, 0.05) is 0 Å². The molecule has 1 atom stereocenters. The van der Waals surface area contributed by atoms with E-state index in [1.165, 1.54) is 12.6 Å². The Hall–Kier alpha value is 0.390. The zero-order chi connectivity index (χ0) is 5.54. The molecule has 1 nitrogen and oxygen atoms in total. The number of rotatable bonds is 4. The van der Waals surface area contributed by atoms with Crippen LogP contribution in [0.5, 0.6) is 0 Å². The second-order valence-electron chi connectivity index (χ2n) is 1.54. The Balaban J connectivity index is 2.45. The maximum Gasteiger partial charge on any atom is -0.00142 e. The van der Waals surface area contributed by atoms with Gasteiger partial charge in [-0.15, -0.1) is 9.24 Å². The fraction of sp³-hybridized carbons (Fsp3) is 1.00. The third-order valence-electron chi connectivity index (χ3n) is 0.748. The lowest BCUT2D eigenvalue weighted by atomic mass is 10.5. The highest BCUT2D eigenvalue weighted by atomic mass is 31.0. The molecule has 0 aromatic rings. The standard InChI is InChI=1S/C5H14NP/c1-2-3-6-4-5-7/h6H,2-5,7H2,1H3. The Kier molecular flexibility index (Phi) is 6.75. The van der Waals surface area contributed by atoms with Crippen LogP contribution in [0.2, 0.25) is 0 Å². The molecule has 0 fully saturated rings. The molecule has 0 rings (SSSR count). The Bertz CT molecular complexity index is 27.3. The molecule has 0 amide bonds. The van der Waals surface area contributed by atoms with E-state index < -0.39 is 0 Å². The zero-order valence-corrected chi connectivity index (χ0v) is 6.06. The van der Waals surface area contributed by atoms with Gasteiger partial charge in [0.15, 0.2) is 0 Å². The maximum atomic E-state index is 3.26. The number of hydrogen-bond acceptors (Lipinski definition) is 1. The first kappa shape index (κ1) is 7.39. The normalized spacial score (nSPS) is 9.43. The Labute approximate surface area is 48.1 Å². The van der Waals surface area contributed by atoms with E-state index in [0.29, 0.717) is 0 Å². The van der Waals surface area contributed by atoms with Crippen molar-refractivity contribution in [2.45, 2.75) is 13.3 Å². The molecule has 7 heavy (non-hydrogen) atoms. The largest absolute Gasteiger partial charge is 0.316 e. The molecule has 0 saturated heterocycles. The van der Waals surface area contributed by atoms with Crippen LogP contribution in [0.3, 0.4) is 0 Å². The summed E-state index contributed by atoms with van der Waals surface area (Å²) in [6, 6.07) is 0. The van der Waals surface area contributed by atoms with E-state index in [1.54, 1.807) is 0 Å².